The normalized spacial score (nSPS) is 22.5. The number of aliphatic hydroxyl groups is 2. The van der Waals surface area contributed by atoms with Gasteiger partial charge in [0.05, 0.1) is 36.0 Å². The summed E-state index contributed by atoms with van der Waals surface area (Å²) in [6.07, 6.45) is 0.793. The number of imidazole rings is 2. The molecule has 414 valence electrons. The van der Waals surface area contributed by atoms with Crippen LogP contribution in [0, 0.1) is 0 Å². The van der Waals surface area contributed by atoms with Crippen molar-refractivity contribution in [3.8, 4) is 0 Å². The number of nitrogens with zero attached hydrogens (tertiary/aromatic N) is 8. The fraction of sp³-hybridized carbons (Fsp3) is 0.400. The molecule has 0 radical (unpaired) electrons. The first-order valence-electron chi connectivity index (χ1n) is 22.9. The molecule has 9 rings (SSSR count). The average molecular weight is 1260 g/mol. The van der Waals surface area contributed by atoms with E-state index in [4.69, 9.17) is 90.2 Å². The van der Waals surface area contributed by atoms with Gasteiger partial charge in [-0.25, -0.2) is 28.0 Å². The second-order valence-corrected chi connectivity index (χ2v) is 42.1. The number of anilines is 2. The molecular formula is C45H50Cl4N10O17Sn. The molecule has 27 nitrogen and oxygen atoms in total. The molecule has 3 aliphatic rings. The van der Waals surface area contributed by atoms with Crippen LogP contribution in [0.5, 0.6) is 0 Å². The zero-order valence-corrected chi connectivity index (χ0v) is 46.7. The molecule has 3 aliphatic heterocycles. The van der Waals surface area contributed by atoms with Gasteiger partial charge >= 0.3 is 90.8 Å². The number of aromatic nitrogens is 8. The van der Waals surface area contributed by atoms with Crippen molar-refractivity contribution in [1.82, 2.24) is 37.9 Å². The third kappa shape index (κ3) is 17.4. The molecule has 7 heterocycles. The van der Waals surface area contributed by atoms with E-state index in [1.165, 1.54) is 51.1 Å². The van der Waals surface area contributed by atoms with E-state index in [9.17, 15) is 38.7 Å². The Labute approximate surface area is 454 Å². The number of nitrogen functional groups attached to an aromatic ring is 2. The quantitative estimate of drug-likeness (QED) is 0.0777. The van der Waals surface area contributed by atoms with Gasteiger partial charge in [0.25, 0.3) is 0 Å². The molecule has 0 aliphatic carbocycles. The summed E-state index contributed by atoms with van der Waals surface area (Å²) in [5.41, 5.74) is 10.8. The van der Waals surface area contributed by atoms with Crippen molar-refractivity contribution in [2.24, 2.45) is 0 Å². The summed E-state index contributed by atoms with van der Waals surface area (Å²) >= 11 is -3.29. The molecule has 9 atom stereocenters. The van der Waals surface area contributed by atoms with Crippen molar-refractivity contribution in [3.63, 3.8) is 0 Å². The molecule has 32 heteroatoms. The first kappa shape index (κ1) is 60.1. The number of carbonyl (C=O) groups is 5. The predicted octanol–water partition coefficient (Wildman–Crippen LogP) is 2.49. The Hall–Kier alpha value is -6.15. The molecule has 3 saturated heterocycles. The van der Waals surface area contributed by atoms with Crippen molar-refractivity contribution < 1.29 is 72.1 Å². The number of hydrogen-bond acceptors (Lipinski definition) is 23. The Balaban J connectivity index is 0.000000183. The minimum absolute atomic E-state index is 0.0245. The Morgan fingerprint density at radius 2 is 1.03 bits per heavy atom. The Morgan fingerprint density at radius 1 is 0.610 bits per heavy atom. The number of aliphatic hydroxyl groups excluding tert-OH is 2. The first-order chi connectivity index (χ1) is 36.5. The van der Waals surface area contributed by atoms with Crippen LogP contribution in [0.3, 0.4) is 0 Å². The molecular weight excluding hydrogens is 1210 g/mol. The van der Waals surface area contributed by atoms with Gasteiger partial charge in [0.2, 0.25) is 29.7 Å². The SMILES string of the molecule is CC(=O)OC1C[C@@H](COC(=O)c2ccccc2)O[C@@H]1OC(C)=O.CC(=O)OC1C[C@@H](COC(=O)c2ccccc2)O[C@H]1n1ccn2c(=O)nc(N)nc12.Nc1nc(=O)n2ccn([C@@H]3O[C@H](CO)CC3O)c2n1.[Cl][Sn]([Cl])([Cl])[Cl]. The summed E-state index contributed by atoms with van der Waals surface area (Å²) in [7, 11) is 20.1. The van der Waals surface area contributed by atoms with Gasteiger partial charge in [0, 0.05) is 64.8 Å². The van der Waals surface area contributed by atoms with Crippen molar-refractivity contribution in [2.75, 3.05) is 31.3 Å². The zero-order chi connectivity index (χ0) is 56.1. The standard InChI is InChI=1S/C19H19N5O6.C16H18O7.C10H13N5O4.4ClH.Sn/c1-11(25)29-14-9-13(10-28-16(26)12-5-3-2-4-6-12)30-15(14)23-7-8-24-18(23)21-17(20)22-19(24)27;1-10(17)21-14-8-13(23-16(14)22-11(2)18)9-20-15(19)12-6-4-3-5-7-12;11-8-12-9-14(1-2-15(9)10(18)13-8)7-6(17)3-5(4-16)19-7;;;;;/h2-8,13-15H,9-10H2,1H3,(H2,20,22,27);3-7,13-14,16H,8-9H2,1-2H3;1-2,5-7,16-17H,3-4H2,(H2,11,13,18);4*1H;/q;;;;;;;+4/p-4/t13-,14?,15+;13-,14?,16-;5-,6?,7+;;;;;/m000...../s1. The van der Waals surface area contributed by atoms with Gasteiger partial charge in [-0.1, -0.05) is 36.4 Å². The number of halogens is 4. The number of hydrogen-bond donors (Lipinski definition) is 4. The molecule has 4 aromatic heterocycles. The third-order valence-electron chi connectivity index (χ3n) is 10.8. The van der Waals surface area contributed by atoms with Gasteiger partial charge in [-0.05, 0) is 24.3 Å². The van der Waals surface area contributed by atoms with Gasteiger partial charge in [-0.15, -0.1) is 0 Å². The summed E-state index contributed by atoms with van der Waals surface area (Å²) in [6.45, 7) is 3.55. The fourth-order valence-corrected chi connectivity index (χ4v) is 7.80. The summed E-state index contributed by atoms with van der Waals surface area (Å²) in [5, 5.41) is 19.0. The number of rotatable bonds is 12. The Kier molecular flexibility index (Phi) is 21.4. The van der Waals surface area contributed by atoms with Crippen LogP contribution in [-0.2, 0) is 52.3 Å². The molecule has 3 unspecified atom stereocenters. The summed E-state index contributed by atoms with van der Waals surface area (Å²) < 4.78 is 48.3. The summed E-state index contributed by atoms with van der Waals surface area (Å²) in [6, 6.07) is 17.1. The molecule has 2 aromatic carbocycles. The Morgan fingerprint density at radius 3 is 1.47 bits per heavy atom. The molecule has 0 amide bonds. The minimum atomic E-state index is -3.29. The molecule has 0 saturated carbocycles. The van der Waals surface area contributed by atoms with Crippen molar-refractivity contribution in [1.29, 1.82) is 0 Å². The number of benzene rings is 2. The van der Waals surface area contributed by atoms with Gasteiger partial charge in [0.15, 0.2) is 18.6 Å². The van der Waals surface area contributed by atoms with Crippen LogP contribution in [0.15, 0.2) is 95.0 Å². The van der Waals surface area contributed by atoms with E-state index < -0.39 is 110 Å². The van der Waals surface area contributed by atoms with Gasteiger partial charge in [0.1, 0.15) is 25.4 Å². The maximum absolute atomic E-state index is 12.2. The Bertz CT molecular complexity index is 3100. The molecule has 0 bridgehead atoms. The third-order valence-corrected chi connectivity index (χ3v) is 10.8. The van der Waals surface area contributed by atoms with Crippen LogP contribution < -0.4 is 22.8 Å². The van der Waals surface area contributed by atoms with Crippen LogP contribution in [0.25, 0.3) is 11.6 Å². The van der Waals surface area contributed by atoms with E-state index in [0.717, 1.165) is 0 Å². The summed E-state index contributed by atoms with van der Waals surface area (Å²) in [4.78, 5) is 96.5. The van der Waals surface area contributed by atoms with Gasteiger partial charge in [-0.3, -0.25) is 23.5 Å². The number of esters is 5. The number of fused-ring (bicyclic) bond motifs is 2. The van der Waals surface area contributed by atoms with Crippen LogP contribution in [0.2, 0.25) is 0 Å². The molecule has 6 N–H and O–H groups in total. The van der Waals surface area contributed by atoms with E-state index in [-0.39, 0.29) is 49.7 Å². The molecule has 77 heavy (non-hydrogen) atoms. The first-order valence-corrected chi connectivity index (χ1v) is 37.4. The van der Waals surface area contributed by atoms with Crippen LogP contribution in [-0.4, -0.2) is 155 Å². The van der Waals surface area contributed by atoms with Gasteiger partial charge in [-0.2, -0.15) is 19.9 Å². The fourth-order valence-electron chi connectivity index (χ4n) is 7.80. The van der Waals surface area contributed by atoms with Crippen LogP contribution >= 0.6 is 35.7 Å². The van der Waals surface area contributed by atoms with E-state index >= 15 is 0 Å². The van der Waals surface area contributed by atoms with Crippen LogP contribution in [0.1, 0.15) is 73.2 Å². The van der Waals surface area contributed by atoms with Gasteiger partial charge < -0.3 is 59.6 Å². The number of nitrogens with two attached hydrogens (primary N) is 2. The summed E-state index contributed by atoms with van der Waals surface area (Å²) in [5.74, 6) is -2.40. The maximum atomic E-state index is 12.2. The van der Waals surface area contributed by atoms with E-state index in [1.807, 2.05) is 0 Å². The monoisotopic (exact) mass is 1260 g/mol. The van der Waals surface area contributed by atoms with Crippen molar-refractivity contribution >= 4 is 103 Å². The number of carbonyl (C=O) groups excluding carboxylic acids is 5. The number of ether oxygens (including phenoxy) is 8. The van der Waals surface area contributed by atoms with Crippen molar-refractivity contribution in [2.45, 2.75) is 95.4 Å². The molecule has 3 fully saturated rings. The zero-order valence-electron chi connectivity index (χ0n) is 40.8. The van der Waals surface area contributed by atoms with Crippen LogP contribution in [0.4, 0.5) is 11.9 Å². The topological polar surface area (TPSA) is 356 Å². The van der Waals surface area contributed by atoms with E-state index in [1.54, 1.807) is 73.1 Å². The molecule has 0 spiro atoms. The second kappa shape index (κ2) is 27.4. The molecule has 6 aromatic rings. The average Bonchev–Trinajstić information content (AvgIpc) is 4.26. The van der Waals surface area contributed by atoms with E-state index in [0.29, 0.717) is 24.0 Å². The van der Waals surface area contributed by atoms with Crippen molar-refractivity contribution in [3.05, 3.63) is 118 Å². The predicted molar refractivity (Wildman–Crippen MR) is 272 cm³/mol. The van der Waals surface area contributed by atoms with E-state index in [2.05, 4.69) is 19.9 Å². The second-order valence-electron chi connectivity index (χ2n) is 16.6.